The fourth-order valence-electron chi connectivity index (χ4n) is 1.51. The van der Waals surface area contributed by atoms with Crippen molar-refractivity contribution < 1.29 is 14.0 Å². The highest BCUT2D eigenvalue weighted by Gasteiger charge is 2.08. The number of benzene rings is 1. The third kappa shape index (κ3) is 4.23. The van der Waals surface area contributed by atoms with Gasteiger partial charge in [-0.3, -0.25) is 9.59 Å². The van der Waals surface area contributed by atoms with Gasteiger partial charge in [0.05, 0.1) is 6.54 Å². The predicted octanol–water partition coefficient (Wildman–Crippen LogP) is 1.92. The summed E-state index contributed by atoms with van der Waals surface area (Å²) in [5.41, 5.74) is 6.30. The van der Waals surface area contributed by atoms with Crippen molar-refractivity contribution >= 4 is 27.7 Å². The van der Waals surface area contributed by atoms with E-state index in [2.05, 4.69) is 33.1 Å². The number of halogens is 1. The van der Waals surface area contributed by atoms with E-state index in [1.165, 1.54) is 0 Å². The first-order chi connectivity index (χ1) is 10.1. The van der Waals surface area contributed by atoms with Crippen LogP contribution in [0.5, 0.6) is 0 Å². The van der Waals surface area contributed by atoms with Crippen LogP contribution in [0.25, 0.3) is 0 Å². The van der Waals surface area contributed by atoms with E-state index < -0.39 is 5.91 Å². The zero-order chi connectivity index (χ0) is 15.2. The van der Waals surface area contributed by atoms with Crippen LogP contribution in [0.1, 0.15) is 26.5 Å². The highest BCUT2D eigenvalue weighted by molar-refractivity contribution is 9.10. The van der Waals surface area contributed by atoms with E-state index in [4.69, 9.17) is 10.2 Å². The summed E-state index contributed by atoms with van der Waals surface area (Å²) in [6.07, 6.45) is 0. The lowest BCUT2D eigenvalue weighted by atomic mass is 10.1. The molecule has 0 atom stereocenters. The van der Waals surface area contributed by atoms with E-state index >= 15 is 0 Å². The molecule has 0 saturated heterocycles. The van der Waals surface area contributed by atoms with Crippen molar-refractivity contribution in [3.05, 3.63) is 58.0 Å². The molecule has 0 saturated carbocycles. The summed E-state index contributed by atoms with van der Waals surface area (Å²) in [4.78, 5) is 22.6. The number of rotatable bonds is 3. The Balaban J connectivity index is 1.89. The van der Waals surface area contributed by atoms with Gasteiger partial charge in [-0.05, 0) is 52.3 Å². The van der Waals surface area contributed by atoms with Gasteiger partial charge in [0.15, 0.2) is 10.4 Å². The third-order valence-electron chi connectivity index (χ3n) is 2.54. The monoisotopic (exact) mass is 346 g/mol. The van der Waals surface area contributed by atoms with Crippen LogP contribution < -0.4 is 11.1 Å². The molecular formula is C15H11BrN2O3. The molecule has 1 heterocycles. The highest BCUT2D eigenvalue weighted by atomic mass is 79.9. The minimum absolute atomic E-state index is 0.189. The fraction of sp³-hybridized carbons (Fsp3) is 0.0667. The van der Waals surface area contributed by atoms with Crippen molar-refractivity contribution in [2.45, 2.75) is 0 Å². The van der Waals surface area contributed by atoms with Crippen LogP contribution in [0.2, 0.25) is 0 Å². The lowest BCUT2D eigenvalue weighted by molar-refractivity contribution is 0.0929. The maximum absolute atomic E-state index is 11.6. The van der Waals surface area contributed by atoms with Crippen LogP contribution in [0, 0.1) is 11.8 Å². The largest absolute Gasteiger partial charge is 0.444 e. The van der Waals surface area contributed by atoms with Crippen molar-refractivity contribution in [2.75, 3.05) is 6.54 Å². The molecule has 0 radical (unpaired) electrons. The van der Waals surface area contributed by atoms with Crippen LogP contribution >= 0.6 is 15.9 Å². The first-order valence-electron chi connectivity index (χ1n) is 5.98. The second kappa shape index (κ2) is 6.77. The molecule has 3 N–H and O–H groups in total. The second-order valence-electron chi connectivity index (χ2n) is 4.03. The van der Waals surface area contributed by atoms with Gasteiger partial charge in [0, 0.05) is 11.1 Å². The Morgan fingerprint density at radius 2 is 1.90 bits per heavy atom. The van der Waals surface area contributed by atoms with Gasteiger partial charge in [-0.25, -0.2) is 0 Å². The second-order valence-corrected chi connectivity index (χ2v) is 4.81. The van der Waals surface area contributed by atoms with Crippen LogP contribution in [-0.4, -0.2) is 18.4 Å². The normalized spacial score (nSPS) is 9.57. The number of amides is 2. The number of nitrogens with two attached hydrogens (primary N) is 1. The summed E-state index contributed by atoms with van der Waals surface area (Å²) in [5.74, 6) is 5.08. The topological polar surface area (TPSA) is 85.3 Å². The zero-order valence-corrected chi connectivity index (χ0v) is 12.4. The predicted molar refractivity (Wildman–Crippen MR) is 80.6 cm³/mol. The van der Waals surface area contributed by atoms with Crippen molar-refractivity contribution in [1.82, 2.24) is 5.32 Å². The maximum Gasteiger partial charge on any atom is 0.287 e. The molecule has 0 aliphatic rings. The molecule has 2 aromatic rings. The number of hydrogen-bond donors (Lipinski definition) is 2. The molecular weight excluding hydrogens is 336 g/mol. The van der Waals surface area contributed by atoms with Gasteiger partial charge < -0.3 is 15.5 Å². The number of hydrogen-bond acceptors (Lipinski definition) is 3. The summed E-state index contributed by atoms with van der Waals surface area (Å²) in [6.45, 7) is 0.189. The van der Waals surface area contributed by atoms with Crippen LogP contribution in [0.3, 0.4) is 0 Å². The standard InChI is InChI=1S/C15H11BrN2O3/c16-13-8-7-12(21-13)15(20)18-9-1-2-10-3-5-11(6-4-10)14(17)19/h3-8H,9H2,(H2,17,19)(H,18,20). The van der Waals surface area contributed by atoms with E-state index in [9.17, 15) is 9.59 Å². The Labute approximate surface area is 129 Å². The van der Waals surface area contributed by atoms with Gasteiger partial charge in [-0.2, -0.15) is 0 Å². The first-order valence-corrected chi connectivity index (χ1v) is 6.78. The Morgan fingerprint density at radius 3 is 2.48 bits per heavy atom. The molecule has 0 unspecified atom stereocenters. The van der Waals surface area contributed by atoms with Gasteiger partial charge in [-0.15, -0.1) is 0 Å². The average molecular weight is 347 g/mol. The molecule has 1 aromatic carbocycles. The smallest absolute Gasteiger partial charge is 0.287 e. The van der Waals surface area contributed by atoms with E-state index in [0.717, 1.165) is 5.56 Å². The highest BCUT2D eigenvalue weighted by Crippen LogP contribution is 2.13. The molecule has 0 bridgehead atoms. The van der Waals surface area contributed by atoms with Gasteiger partial charge in [0.2, 0.25) is 5.91 Å². The Hall–Kier alpha value is -2.52. The Kier molecular flexibility index (Phi) is 4.80. The molecule has 21 heavy (non-hydrogen) atoms. The third-order valence-corrected chi connectivity index (χ3v) is 2.96. The molecule has 2 rings (SSSR count). The van der Waals surface area contributed by atoms with Crippen molar-refractivity contribution in [1.29, 1.82) is 0 Å². The summed E-state index contributed by atoms with van der Waals surface area (Å²) >= 11 is 3.12. The molecule has 0 spiro atoms. The number of primary amides is 1. The molecule has 5 nitrogen and oxygen atoms in total. The minimum Gasteiger partial charge on any atom is -0.444 e. The van der Waals surface area contributed by atoms with Gasteiger partial charge >= 0.3 is 0 Å². The van der Waals surface area contributed by atoms with Crippen molar-refractivity contribution in [3.63, 3.8) is 0 Å². The number of furan rings is 1. The van der Waals surface area contributed by atoms with Gasteiger partial charge in [0.25, 0.3) is 5.91 Å². The summed E-state index contributed by atoms with van der Waals surface area (Å²) in [6, 6.07) is 9.80. The first kappa shape index (κ1) is 14.9. The van der Waals surface area contributed by atoms with Crippen LogP contribution in [-0.2, 0) is 0 Å². The molecule has 0 aliphatic heterocycles. The van der Waals surface area contributed by atoms with E-state index in [-0.39, 0.29) is 18.2 Å². The number of carbonyl (C=O) groups excluding carboxylic acids is 2. The molecule has 1 aromatic heterocycles. The van der Waals surface area contributed by atoms with Crippen LogP contribution in [0.4, 0.5) is 0 Å². The minimum atomic E-state index is -0.480. The molecule has 6 heteroatoms. The summed E-state index contributed by atoms with van der Waals surface area (Å²) in [7, 11) is 0. The molecule has 106 valence electrons. The molecule has 0 fully saturated rings. The number of carbonyl (C=O) groups is 2. The van der Waals surface area contributed by atoms with E-state index in [1.54, 1.807) is 36.4 Å². The van der Waals surface area contributed by atoms with Gasteiger partial charge in [0.1, 0.15) is 0 Å². The van der Waals surface area contributed by atoms with E-state index in [0.29, 0.717) is 10.2 Å². The van der Waals surface area contributed by atoms with Crippen LogP contribution in [0.15, 0.2) is 45.5 Å². The quantitative estimate of drug-likeness (QED) is 0.832. The van der Waals surface area contributed by atoms with Crippen molar-refractivity contribution in [3.8, 4) is 11.8 Å². The fourth-order valence-corrected chi connectivity index (χ4v) is 1.82. The summed E-state index contributed by atoms with van der Waals surface area (Å²) in [5, 5.41) is 2.61. The van der Waals surface area contributed by atoms with Crippen molar-refractivity contribution in [2.24, 2.45) is 5.73 Å². The molecule has 0 aliphatic carbocycles. The lowest BCUT2D eigenvalue weighted by Gasteiger charge is -1.97. The van der Waals surface area contributed by atoms with E-state index in [1.807, 2.05) is 0 Å². The Morgan fingerprint density at radius 1 is 1.19 bits per heavy atom. The molecule has 2 amide bonds. The average Bonchev–Trinajstić information content (AvgIpc) is 2.90. The lowest BCUT2D eigenvalue weighted by Crippen LogP contribution is -2.22. The summed E-state index contributed by atoms with van der Waals surface area (Å²) < 4.78 is 5.60. The number of nitrogens with one attached hydrogen (secondary N) is 1. The SMILES string of the molecule is NC(=O)c1ccc(C#CCNC(=O)c2ccc(Br)o2)cc1. The zero-order valence-electron chi connectivity index (χ0n) is 10.9. The van der Waals surface area contributed by atoms with Gasteiger partial charge in [-0.1, -0.05) is 11.8 Å². The Bertz CT molecular complexity index is 723. The maximum atomic E-state index is 11.6.